The SMILES string of the molecule is N#Cc1c(N2CCC(O)(C(N)=O)C2)nc2cc(Cl)ccn12. The van der Waals surface area contributed by atoms with E-state index in [1.807, 2.05) is 0 Å². The molecule has 0 aromatic carbocycles. The summed E-state index contributed by atoms with van der Waals surface area (Å²) in [6.07, 6.45) is 1.87. The first kappa shape index (κ1) is 13.7. The van der Waals surface area contributed by atoms with E-state index in [9.17, 15) is 15.2 Å². The van der Waals surface area contributed by atoms with Gasteiger partial charge in [0, 0.05) is 30.3 Å². The number of aromatic nitrogens is 2. The number of fused-ring (bicyclic) bond motifs is 1. The Bertz CT molecular complexity index is 781. The lowest BCUT2D eigenvalue weighted by Crippen LogP contribution is -2.46. The highest BCUT2D eigenvalue weighted by atomic mass is 35.5. The van der Waals surface area contributed by atoms with Gasteiger partial charge in [0.1, 0.15) is 11.7 Å². The first-order valence-electron chi connectivity index (χ1n) is 6.29. The molecule has 1 amide bonds. The first-order valence-corrected chi connectivity index (χ1v) is 6.67. The zero-order chi connectivity index (χ0) is 15.2. The maximum absolute atomic E-state index is 11.3. The summed E-state index contributed by atoms with van der Waals surface area (Å²) < 4.78 is 1.61. The Morgan fingerprint density at radius 2 is 2.38 bits per heavy atom. The van der Waals surface area contributed by atoms with Crippen LogP contribution >= 0.6 is 11.6 Å². The average Bonchev–Trinajstić information content (AvgIpc) is 2.99. The molecule has 0 bridgehead atoms. The van der Waals surface area contributed by atoms with E-state index >= 15 is 0 Å². The van der Waals surface area contributed by atoms with Crippen LogP contribution < -0.4 is 10.6 Å². The quantitative estimate of drug-likeness (QED) is 0.829. The number of halogens is 1. The van der Waals surface area contributed by atoms with E-state index in [-0.39, 0.29) is 13.0 Å². The van der Waals surface area contributed by atoms with E-state index in [1.165, 1.54) is 0 Å². The summed E-state index contributed by atoms with van der Waals surface area (Å²) in [6, 6.07) is 5.39. The van der Waals surface area contributed by atoms with Crippen LogP contribution in [0, 0.1) is 11.3 Å². The summed E-state index contributed by atoms with van der Waals surface area (Å²) in [5.41, 5.74) is 4.49. The number of aliphatic hydroxyl groups is 1. The predicted molar refractivity (Wildman–Crippen MR) is 75.9 cm³/mol. The van der Waals surface area contributed by atoms with Gasteiger partial charge in [0.2, 0.25) is 0 Å². The third-order valence-electron chi connectivity index (χ3n) is 3.68. The molecule has 3 N–H and O–H groups in total. The minimum Gasteiger partial charge on any atom is -0.378 e. The predicted octanol–water partition coefficient (Wildman–Crippen LogP) is 0.286. The summed E-state index contributed by atoms with van der Waals surface area (Å²) >= 11 is 5.92. The largest absolute Gasteiger partial charge is 0.378 e. The first-order chi connectivity index (χ1) is 9.94. The minimum absolute atomic E-state index is 0.0224. The van der Waals surface area contributed by atoms with Crippen molar-refractivity contribution in [2.24, 2.45) is 5.73 Å². The van der Waals surface area contributed by atoms with Gasteiger partial charge in [0.05, 0.1) is 6.54 Å². The summed E-state index contributed by atoms with van der Waals surface area (Å²) in [7, 11) is 0. The lowest BCUT2D eigenvalue weighted by molar-refractivity contribution is -0.134. The Hall–Kier alpha value is -2.30. The normalized spacial score (nSPS) is 21.7. The van der Waals surface area contributed by atoms with Gasteiger partial charge < -0.3 is 15.7 Å². The third-order valence-corrected chi connectivity index (χ3v) is 3.92. The highest BCUT2D eigenvalue weighted by Gasteiger charge is 2.42. The number of carbonyl (C=O) groups is 1. The van der Waals surface area contributed by atoms with Gasteiger partial charge in [-0.2, -0.15) is 5.26 Å². The lowest BCUT2D eigenvalue weighted by atomic mass is 10.0. The van der Waals surface area contributed by atoms with Gasteiger partial charge in [0.25, 0.3) is 5.91 Å². The Labute approximate surface area is 125 Å². The molecular weight excluding hydrogens is 294 g/mol. The molecule has 108 valence electrons. The van der Waals surface area contributed by atoms with Crippen molar-refractivity contribution in [3.8, 4) is 6.07 Å². The monoisotopic (exact) mass is 305 g/mol. The molecule has 1 atom stereocenters. The molecule has 1 saturated heterocycles. The molecule has 1 fully saturated rings. The number of carbonyl (C=O) groups excluding carboxylic acids is 1. The zero-order valence-corrected chi connectivity index (χ0v) is 11.7. The van der Waals surface area contributed by atoms with E-state index < -0.39 is 11.5 Å². The van der Waals surface area contributed by atoms with Gasteiger partial charge in [-0.15, -0.1) is 0 Å². The third kappa shape index (κ3) is 2.09. The highest BCUT2D eigenvalue weighted by molar-refractivity contribution is 6.30. The number of nitrogens with zero attached hydrogens (tertiary/aromatic N) is 4. The van der Waals surface area contributed by atoms with Gasteiger partial charge in [-0.1, -0.05) is 11.6 Å². The Kier molecular flexibility index (Phi) is 3.01. The summed E-state index contributed by atoms with van der Waals surface area (Å²) in [6.45, 7) is 0.417. The van der Waals surface area contributed by atoms with Crippen molar-refractivity contribution in [2.45, 2.75) is 12.0 Å². The molecule has 1 aliphatic heterocycles. The molecule has 8 heteroatoms. The number of hydrogen-bond donors (Lipinski definition) is 2. The number of anilines is 1. The van der Waals surface area contributed by atoms with Crippen LogP contribution in [0.4, 0.5) is 5.82 Å². The molecule has 1 unspecified atom stereocenters. The highest BCUT2D eigenvalue weighted by Crippen LogP contribution is 2.29. The van der Waals surface area contributed by atoms with E-state index in [1.54, 1.807) is 27.6 Å². The van der Waals surface area contributed by atoms with Crippen molar-refractivity contribution in [3.05, 3.63) is 29.0 Å². The van der Waals surface area contributed by atoms with Crippen LogP contribution in [-0.4, -0.2) is 39.1 Å². The molecular formula is C13H12ClN5O2. The average molecular weight is 306 g/mol. The van der Waals surface area contributed by atoms with Gasteiger partial charge in [-0.25, -0.2) is 4.98 Å². The molecule has 21 heavy (non-hydrogen) atoms. The number of pyridine rings is 1. The maximum atomic E-state index is 11.3. The summed E-state index contributed by atoms with van der Waals surface area (Å²) in [5, 5.41) is 20.0. The van der Waals surface area contributed by atoms with Crippen molar-refractivity contribution in [2.75, 3.05) is 18.0 Å². The molecule has 0 radical (unpaired) electrons. The maximum Gasteiger partial charge on any atom is 0.251 e. The minimum atomic E-state index is -1.58. The molecule has 7 nitrogen and oxygen atoms in total. The molecule has 0 aliphatic carbocycles. The standard InChI is InChI=1S/C13H12ClN5O2/c14-8-1-3-19-9(6-15)11(17-10(19)5-8)18-4-2-13(21,7-18)12(16)20/h1,3,5,21H,2,4,7H2,(H2,16,20). The summed E-state index contributed by atoms with van der Waals surface area (Å²) in [4.78, 5) is 17.4. The number of rotatable bonds is 2. The van der Waals surface area contributed by atoms with E-state index in [0.717, 1.165) is 0 Å². The number of nitrogens with two attached hydrogens (primary N) is 1. The van der Waals surface area contributed by atoms with Crippen molar-refractivity contribution in [3.63, 3.8) is 0 Å². The zero-order valence-electron chi connectivity index (χ0n) is 11.0. The lowest BCUT2D eigenvalue weighted by Gasteiger charge is -2.19. The van der Waals surface area contributed by atoms with Gasteiger partial charge >= 0.3 is 0 Å². The molecule has 2 aromatic rings. The summed E-state index contributed by atoms with van der Waals surface area (Å²) in [5.74, 6) is -0.354. The van der Waals surface area contributed by atoms with Crippen LogP contribution in [0.25, 0.3) is 5.65 Å². The Balaban J connectivity index is 2.06. The van der Waals surface area contributed by atoms with Gasteiger partial charge in [-0.05, 0) is 6.07 Å². The van der Waals surface area contributed by atoms with Crippen LogP contribution in [0.1, 0.15) is 12.1 Å². The Morgan fingerprint density at radius 3 is 3.00 bits per heavy atom. The molecule has 0 spiro atoms. The second kappa shape index (κ2) is 4.62. The second-order valence-electron chi connectivity index (χ2n) is 5.04. The van der Waals surface area contributed by atoms with E-state index in [2.05, 4.69) is 11.1 Å². The van der Waals surface area contributed by atoms with Crippen LogP contribution in [0.15, 0.2) is 18.3 Å². The smallest absolute Gasteiger partial charge is 0.251 e. The molecule has 2 aromatic heterocycles. The van der Waals surface area contributed by atoms with Crippen LogP contribution in [0.3, 0.4) is 0 Å². The number of imidazole rings is 1. The van der Waals surface area contributed by atoms with Crippen molar-refractivity contribution in [1.29, 1.82) is 5.26 Å². The van der Waals surface area contributed by atoms with Gasteiger partial charge in [0.15, 0.2) is 17.1 Å². The fourth-order valence-corrected chi connectivity index (χ4v) is 2.66. The van der Waals surface area contributed by atoms with Crippen LogP contribution in [0.5, 0.6) is 0 Å². The second-order valence-corrected chi connectivity index (χ2v) is 5.47. The van der Waals surface area contributed by atoms with Crippen molar-refractivity contribution in [1.82, 2.24) is 9.38 Å². The molecule has 3 heterocycles. The number of nitriles is 1. The van der Waals surface area contributed by atoms with Crippen LogP contribution in [-0.2, 0) is 4.79 Å². The van der Waals surface area contributed by atoms with Crippen molar-refractivity contribution < 1.29 is 9.90 Å². The number of hydrogen-bond acceptors (Lipinski definition) is 5. The Morgan fingerprint density at radius 1 is 1.62 bits per heavy atom. The van der Waals surface area contributed by atoms with Gasteiger partial charge in [-0.3, -0.25) is 9.20 Å². The number of amides is 1. The fraction of sp³-hybridized carbons (Fsp3) is 0.308. The molecule has 1 aliphatic rings. The van der Waals surface area contributed by atoms with Crippen molar-refractivity contribution >= 4 is 29.0 Å². The molecule has 0 saturated carbocycles. The fourth-order valence-electron chi connectivity index (χ4n) is 2.51. The van der Waals surface area contributed by atoms with Crippen LogP contribution in [0.2, 0.25) is 5.02 Å². The number of β-amino-alcohol motifs (C(OH)–C–C–N with tert-alkyl or cyclic N) is 1. The molecule has 3 rings (SSSR count). The number of primary amides is 1. The van der Waals surface area contributed by atoms with E-state index in [4.69, 9.17) is 17.3 Å². The topological polar surface area (TPSA) is 108 Å². The van der Waals surface area contributed by atoms with E-state index in [0.29, 0.717) is 28.7 Å².